The Bertz CT molecular complexity index is 729. The molecule has 2 aromatic heterocycles. The van der Waals surface area contributed by atoms with Crippen molar-refractivity contribution in [1.82, 2.24) is 25.0 Å². The number of nitrogens with one attached hydrogen (secondary N) is 1. The number of para-hydroxylation sites is 2. The van der Waals surface area contributed by atoms with Crippen LogP contribution in [-0.4, -0.2) is 30.7 Å². The number of hydrogen-bond donors (Lipinski definition) is 1. The molecule has 0 saturated heterocycles. The molecule has 0 spiro atoms. The van der Waals surface area contributed by atoms with Gasteiger partial charge in [0.05, 0.1) is 23.7 Å². The Morgan fingerprint density at radius 3 is 2.95 bits per heavy atom. The topological polar surface area (TPSA) is 76.5 Å². The number of rotatable bonds is 5. The van der Waals surface area contributed by atoms with Crippen molar-refractivity contribution < 1.29 is 4.79 Å². The van der Waals surface area contributed by atoms with Gasteiger partial charge in [-0.3, -0.25) is 4.79 Å². The van der Waals surface area contributed by atoms with Crippen LogP contribution in [0, 0.1) is 0 Å². The number of nitrogens with zero attached hydrogens (tertiary/aromatic N) is 4. The van der Waals surface area contributed by atoms with Crippen molar-refractivity contribution >= 4 is 16.8 Å². The highest BCUT2D eigenvalue weighted by Gasteiger charge is 2.16. The first-order valence-electron chi connectivity index (χ1n) is 6.62. The minimum atomic E-state index is -0.0774. The monoisotopic (exact) mass is 269 g/mol. The first-order chi connectivity index (χ1) is 9.79. The zero-order chi connectivity index (χ0) is 13.9. The summed E-state index contributed by atoms with van der Waals surface area (Å²) < 4.78 is 2.10. The molecule has 0 aliphatic carbocycles. The second kappa shape index (κ2) is 5.24. The molecule has 20 heavy (non-hydrogen) atoms. The van der Waals surface area contributed by atoms with Gasteiger partial charge in [-0.25, -0.2) is 4.98 Å². The van der Waals surface area contributed by atoms with Gasteiger partial charge in [0.1, 0.15) is 11.5 Å². The van der Waals surface area contributed by atoms with Gasteiger partial charge in [-0.15, -0.1) is 0 Å². The number of fused-ring (bicyclic) bond motifs is 1. The fraction of sp³-hybridized carbons (Fsp3) is 0.286. The average molecular weight is 269 g/mol. The van der Waals surface area contributed by atoms with Crippen molar-refractivity contribution in [2.45, 2.75) is 26.3 Å². The Kier molecular flexibility index (Phi) is 3.28. The quantitative estimate of drug-likeness (QED) is 0.719. The predicted molar refractivity (Wildman–Crippen MR) is 74.4 cm³/mol. The Labute approximate surface area is 115 Å². The molecule has 0 amide bonds. The van der Waals surface area contributed by atoms with Crippen LogP contribution < -0.4 is 0 Å². The molecule has 102 valence electrons. The second-order valence-corrected chi connectivity index (χ2v) is 4.62. The van der Waals surface area contributed by atoms with E-state index in [0.29, 0.717) is 5.69 Å². The fourth-order valence-electron chi connectivity index (χ4n) is 2.30. The molecule has 0 fully saturated rings. The minimum absolute atomic E-state index is 0.0774. The SMILES string of the molecule is CCCn1c(CC(=O)c2cn[nH]n2)nc2ccccc21. The van der Waals surface area contributed by atoms with Crippen LogP contribution in [0.25, 0.3) is 11.0 Å². The maximum absolute atomic E-state index is 12.1. The summed E-state index contributed by atoms with van der Waals surface area (Å²) in [6.07, 6.45) is 2.67. The molecule has 3 rings (SSSR count). The molecule has 0 unspecified atom stereocenters. The maximum Gasteiger partial charge on any atom is 0.192 e. The van der Waals surface area contributed by atoms with E-state index in [9.17, 15) is 4.79 Å². The minimum Gasteiger partial charge on any atom is -0.328 e. The van der Waals surface area contributed by atoms with Gasteiger partial charge in [-0.1, -0.05) is 19.1 Å². The van der Waals surface area contributed by atoms with Crippen LogP contribution in [-0.2, 0) is 13.0 Å². The van der Waals surface area contributed by atoms with Crippen LogP contribution >= 0.6 is 0 Å². The summed E-state index contributed by atoms with van der Waals surface area (Å²) in [4.78, 5) is 16.7. The molecule has 0 saturated carbocycles. The van der Waals surface area contributed by atoms with Crippen LogP contribution in [0.4, 0.5) is 0 Å². The summed E-state index contributed by atoms with van der Waals surface area (Å²) in [5.74, 6) is 0.701. The van der Waals surface area contributed by atoms with Gasteiger partial charge >= 0.3 is 0 Å². The Hall–Kier alpha value is -2.50. The third kappa shape index (κ3) is 2.20. The third-order valence-electron chi connectivity index (χ3n) is 3.20. The van der Waals surface area contributed by atoms with Crippen LogP contribution in [0.1, 0.15) is 29.7 Å². The van der Waals surface area contributed by atoms with Crippen molar-refractivity contribution in [1.29, 1.82) is 0 Å². The van der Waals surface area contributed by atoms with E-state index >= 15 is 0 Å². The first-order valence-corrected chi connectivity index (χ1v) is 6.62. The van der Waals surface area contributed by atoms with E-state index < -0.39 is 0 Å². The van der Waals surface area contributed by atoms with E-state index in [1.54, 1.807) is 0 Å². The number of aromatic amines is 1. The lowest BCUT2D eigenvalue weighted by Gasteiger charge is -2.06. The number of Topliss-reactive ketones (excluding diaryl/α,β-unsaturated/α-hetero) is 1. The fourth-order valence-corrected chi connectivity index (χ4v) is 2.30. The Morgan fingerprint density at radius 2 is 2.20 bits per heavy atom. The molecule has 0 bridgehead atoms. The second-order valence-electron chi connectivity index (χ2n) is 4.62. The highest BCUT2D eigenvalue weighted by atomic mass is 16.1. The summed E-state index contributed by atoms with van der Waals surface area (Å²) in [7, 11) is 0. The van der Waals surface area contributed by atoms with Gasteiger partial charge in [0.2, 0.25) is 0 Å². The van der Waals surface area contributed by atoms with Crippen LogP contribution in [0.3, 0.4) is 0 Å². The summed E-state index contributed by atoms with van der Waals surface area (Å²) in [5.41, 5.74) is 2.33. The van der Waals surface area contributed by atoms with Crippen molar-refractivity contribution in [3.8, 4) is 0 Å². The molecular weight excluding hydrogens is 254 g/mol. The van der Waals surface area contributed by atoms with Crippen LogP contribution in [0.2, 0.25) is 0 Å². The van der Waals surface area contributed by atoms with Crippen molar-refractivity contribution in [3.05, 3.63) is 42.0 Å². The van der Waals surface area contributed by atoms with E-state index in [4.69, 9.17) is 0 Å². The lowest BCUT2D eigenvalue weighted by Crippen LogP contribution is -2.11. The first kappa shape index (κ1) is 12.5. The van der Waals surface area contributed by atoms with Gasteiger partial charge < -0.3 is 4.57 Å². The lowest BCUT2D eigenvalue weighted by molar-refractivity contribution is 0.0985. The molecule has 0 aliphatic rings. The van der Waals surface area contributed by atoms with Crippen molar-refractivity contribution in [2.75, 3.05) is 0 Å². The molecule has 6 nitrogen and oxygen atoms in total. The summed E-state index contributed by atoms with van der Waals surface area (Å²) >= 11 is 0. The van der Waals surface area contributed by atoms with E-state index in [-0.39, 0.29) is 12.2 Å². The molecule has 1 N–H and O–H groups in total. The average Bonchev–Trinajstić information content (AvgIpc) is 3.08. The summed E-state index contributed by atoms with van der Waals surface area (Å²) in [6.45, 7) is 2.96. The highest BCUT2D eigenvalue weighted by Crippen LogP contribution is 2.17. The smallest absolute Gasteiger partial charge is 0.192 e. The third-order valence-corrected chi connectivity index (χ3v) is 3.20. The van der Waals surface area contributed by atoms with Gasteiger partial charge in [0.25, 0.3) is 0 Å². The number of imidazole rings is 1. The highest BCUT2D eigenvalue weighted by molar-refractivity contribution is 5.95. The summed E-state index contributed by atoms with van der Waals surface area (Å²) in [5, 5.41) is 9.94. The number of ketones is 1. The molecule has 0 atom stereocenters. The van der Waals surface area contributed by atoms with Crippen molar-refractivity contribution in [2.24, 2.45) is 0 Å². The van der Waals surface area contributed by atoms with E-state index in [0.717, 1.165) is 29.8 Å². The molecule has 0 aliphatic heterocycles. The molecular formula is C14H15N5O. The number of carbonyl (C=O) groups is 1. The van der Waals surface area contributed by atoms with Gasteiger partial charge in [-0.05, 0) is 18.6 Å². The standard InChI is InChI=1S/C14H15N5O/c1-2-7-19-12-6-4-3-5-10(12)16-14(19)8-13(20)11-9-15-18-17-11/h3-6,9H,2,7-8H2,1H3,(H,15,17,18). The number of carbonyl (C=O) groups excluding carboxylic acids is 1. The zero-order valence-electron chi connectivity index (χ0n) is 11.2. The lowest BCUT2D eigenvalue weighted by atomic mass is 10.2. The molecule has 0 radical (unpaired) electrons. The molecule has 1 aromatic carbocycles. The normalized spacial score (nSPS) is 11.1. The van der Waals surface area contributed by atoms with Gasteiger partial charge in [-0.2, -0.15) is 15.4 Å². The van der Waals surface area contributed by atoms with Crippen LogP contribution in [0.15, 0.2) is 30.5 Å². The molecule has 2 heterocycles. The van der Waals surface area contributed by atoms with Gasteiger partial charge in [0, 0.05) is 6.54 Å². The van der Waals surface area contributed by atoms with Crippen LogP contribution in [0.5, 0.6) is 0 Å². The largest absolute Gasteiger partial charge is 0.328 e. The number of hydrogen-bond acceptors (Lipinski definition) is 4. The molecule has 3 aromatic rings. The van der Waals surface area contributed by atoms with E-state index in [2.05, 4.69) is 31.9 Å². The zero-order valence-corrected chi connectivity index (χ0v) is 11.2. The molecule has 6 heteroatoms. The van der Waals surface area contributed by atoms with Crippen molar-refractivity contribution in [3.63, 3.8) is 0 Å². The Morgan fingerprint density at radius 1 is 1.35 bits per heavy atom. The summed E-state index contributed by atoms with van der Waals surface area (Å²) in [6, 6.07) is 7.93. The maximum atomic E-state index is 12.1. The van der Waals surface area contributed by atoms with Gasteiger partial charge in [0.15, 0.2) is 5.78 Å². The number of aromatic nitrogens is 5. The van der Waals surface area contributed by atoms with E-state index in [1.807, 2.05) is 24.3 Å². The van der Waals surface area contributed by atoms with E-state index in [1.165, 1.54) is 6.20 Å². The predicted octanol–water partition coefficient (Wildman–Crippen LogP) is 1.99. The Balaban J connectivity index is 1.98. The number of benzene rings is 1. The number of H-pyrrole nitrogens is 1. The number of aryl methyl sites for hydroxylation is 1.